The van der Waals surface area contributed by atoms with Crippen LogP contribution in [-0.2, 0) is 20.0 Å². The van der Waals surface area contributed by atoms with E-state index in [-0.39, 0.29) is 23.4 Å². The topological polar surface area (TPSA) is 99.5 Å². The molecule has 1 spiro atoms. The van der Waals surface area contributed by atoms with Crippen LogP contribution < -0.4 is 15.2 Å². The number of hydrogen-bond acceptors (Lipinski definition) is 9. The van der Waals surface area contributed by atoms with Gasteiger partial charge in [-0.15, -0.1) is 11.8 Å². The molecule has 0 unspecified atom stereocenters. The van der Waals surface area contributed by atoms with E-state index in [1.165, 1.54) is 18.7 Å². The average molecular weight is 562 g/mol. The molecule has 1 aliphatic carbocycles. The van der Waals surface area contributed by atoms with E-state index in [4.69, 9.17) is 14.2 Å². The molecule has 10 nitrogen and oxygen atoms in total. The number of ether oxygens (including phenoxy) is 4. The third-order valence-corrected chi connectivity index (χ3v) is 9.18. The highest BCUT2D eigenvalue weighted by atomic mass is 32.2. The summed E-state index contributed by atoms with van der Waals surface area (Å²) in [4.78, 5) is 42.0. The van der Waals surface area contributed by atoms with E-state index in [9.17, 15) is 14.4 Å². The van der Waals surface area contributed by atoms with Crippen LogP contribution in [0.2, 0.25) is 0 Å². The minimum absolute atomic E-state index is 0.0947. The van der Waals surface area contributed by atoms with Crippen LogP contribution >= 0.6 is 11.8 Å². The number of fused-ring (bicyclic) bond motifs is 5. The summed E-state index contributed by atoms with van der Waals surface area (Å²) >= 11 is 1.78. The fourth-order valence-corrected chi connectivity index (χ4v) is 7.15. The van der Waals surface area contributed by atoms with Crippen molar-refractivity contribution in [2.75, 3.05) is 32.1 Å². The lowest BCUT2D eigenvalue weighted by Crippen LogP contribution is -2.70. The number of pyridine rings is 1. The summed E-state index contributed by atoms with van der Waals surface area (Å²) < 4.78 is 23.0. The molecule has 3 aromatic rings. The predicted molar refractivity (Wildman–Crippen MR) is 145 cm³/mol. The lowest BCUT2D eigenvalue weighted by atomic mass is 9.93. The summed E-state index contributed by atoms with van der Waals surface area (Å²) in [7, 11) is 1.18. The quantitative estimate of drug-likeness (QED) is 0.349. The summed E-state index contributed by atoms with van der Waals surface area (Å²) in [5.41, 5.74) is 2.59. The maximum Gasteiger partial charge on any atom is 0.510 e. The maximum atomic E-state index is 14.3. The SMILES string of the molecule is COC(=O)OCOc1c2n(ccc1=O)N([C@H]1c3ccccc3CSc3ccccc31)[C@@H]1COCC3(CC3)N1C2=O. The van der Waals surface area contributed by atoms with Crippen molar-refractivity contribution < 1.29 is 28.5 Å². The van der Waals surface area contributed by atoms with Gasteiger partial charge in [0.1, 0.15) is 6.17 Å². The number of amides is 1. The predicted octanol–water partition coefficient (Wildman–Crippen LogP) is 3.65. The number of thioether (sulfide) groups is 1. The van der Waals surface area contributed by atoms with Gasteiger partial charge in [0.05, 0.1) is 31.9 Å². The Morgan fingerprint density at radius 3 is 2.65 bits per heavy atom. The van der Waals surface area contributed by atoms with E-state index >= 15 is 0 Å². The smallest absolute Gasteiger partial charge is 0.451 e. The molecule has 40 heavy (non-hydrogen) atoms. The van der Waals surface area contributed by atoms with Crippen LogP contribution in [-0.4, -0.2) is 60.5 Å². The zero-order valence-electron chi connectivity index (χ0n) is 21.8. The van der Waals surface area contributed by atoms with Crippen LogP contribution in [0.15, 0.2) is 70.5 Å². The van der Waals surface area contributed by atoms with Crippen molar-refractivity contribution in [3.63, 3.8) is 0 Å². The Hall–Kier alpha value is -3.96. The van der Waals surface area contributed by atoms with E-state index < -0.39 is 30.1 Å². The van der Waals surface area contributed by atoms with Gasteiger partial charge in [0.25, 0.3) is 5.91 Å². The minimum atomic E-state index is -0.952. The van der Waals surface area contributed by atoms with Gasteiger partial charge >= 0.3 is 6.16 Å². The van der Waals surface area contributed by atoms with Crippen LogP contribution in [0.1, 0.15) is 46.1 Å². The number of methoxy groups -OCH3 is 1. The molecule has 4 aliphatic rings. The summed E-state index contributed by atoms with van der Waals surface area (Å²) in [6.07, 6.45) is 1.88. The number of carbonyl (C=O) groups excluding carboxylic acids is 2. The first-order chi connectivity index (χ1) is 19.5. The molecule has 2 atom stereocenters. The maximum absolute atomic E-state index is 14.3. The molecule has 206 valence electrons. The van der Waals surface area contributed by atoms with Gasteiger partial charge in [-0.2, -0.15) is 0 Å². The molecular formula is C29H27N3O7S. The van der Waals surface area contributed by atoms with Gasteiger partial charge in [0, 0.05) is 22.9 Å². The fourth-order valence-electron chi connectivity index (χ4n) is 6.05. The number of morpholine rings is 1. The molecule has 0 bridgehead atoms. The number of nitrogens with zero attached hydrogens (tertiary/aromatic N) is 3. The van der Waals surface area contributed by atoms with Crippen molar-refractivity contribution in [3.8, 4) is 5.75 Å². The zero-order valence-corrected chi connectivity index (χ0v) is 22.6. The first-order valence-electron chi connectivity index (χ1n) is 13.1. The van der Waals surface area contributed by atoms with Crippen molar-refractivity contribution in [1.29, 1.82) is 0 Å². The van der Waals surface area contributed by atoms with Crippen LogP contribution in [0.4, 0.5) is 4.79 Å². The van der Waals surface area contributed by atoms with Crippen LogP contribution in [0.3, 0.4) is 0 Å². The molecule has 1 amide bonds. The number of hydrogen-bond donors (Lipinski definition) is 0. The van der Waals surface area contributed by atoms with Crippen LogP contribution in [0.25, 0.3) is 0 Å². The van der Waals surface area contributed by atoms with Gasteiger partial charge in [0.2, 0.25) is 18.0 Å². The highest BCUT2D eigenvalue weighted by Gasteiger charge is 2.60. The Morgan fingerprint density at radius 2 is 1.85 bits per heavy atom. The van der Waals surface area contributed by atoms with E-state index in [0.29, 0.717) is 13.2 Å². The highest BCUT2D eigenvalue weighted by molar-refractivity contribution is 7.98. The first-order valence-corrected chi connectivity index (χ1v) is 14.1. The number of benzene rings is 2. The van der Waals surface area contributed by atoms with E-state index in [1.807, 2.05) is 29.2 Å². The highest BCUT2D eigenvalue weighted by Crippen LogP contribution is 2.51. The van der Waals surface area contributed by atoms with Crippen molar-refractivity contribution in [1.82, 2.24) is 9.58 Å². The fraction of sp³-hybridized carbons (Fsp3) is 0.345. The van der Waals surface area contributed by atoms with Gasteiger partial charge < -0.3 is 23.8 Å². The lowest BCUT2D eigenvalue weighted by Gasteiger charge is -2.54. The van der Waals surface area contributed by atoms with Crippen molar-refractivity contribution in [2.45, 2.75) is 41.2 Å². The van der Waals surface area contributed by atoms with Gasteiger partial charge in [0.15, 0.2) is 5.69 Å². The largest absolute Gasteiger partial charge is 0.510 e. The molecule has 2 fully saturated rings. The van der Waals surface area contributed by atoms with E-state index in [2.05, 4.69) is 34.0 Å². The van der Waals surface area contributed by atoms with Crippen LogP contribution in [0, 0.1) is 0 Å². The third-order valence-electron chi connectivity index (χ3n) is 8.04. The van der Waals surface area contributed by atoms with Gasteiger partial charge in [-0.1, -0.05) is 42.5 Å². The van der Waals surface area contributed by atoms with Crippen molar-refractivity contribution in [2.24, 2.45) is 0 Å². The second-order valence-electron chi connectivity index (χ2n) is 10.3. The van der Waals surface area contributed by atoms with Gasteiger partial charge in [-0.05, 0) is 35.6 Å². The Balaban J connectivity index is 1.45. The molecular weight excluding hydrogens is 534 g/mol. The van der Waals surface area contributed by atoms with Gasteiger partial charge in [-0.25, -0.2) is 4.79 Å². The molecule has 1 aromatic heterocycles. The monoisotopic (exact) mass is 561 g/mol. The summed E-state index contributed by atoms with van der Waals surface area (Å²) in [5, 5.41) is 2.15. The van der Waals surface area contributed by atoms with Crippen LogP contribution in [0.5, 0.6) is 5.75 Å². The minimum Gasteiger partial charge on any atom is -0.451 e. The normalized spacial score (nSPS) is 21.9. The molecule has 4 heterocycles. The molecule has 0 N–H and O–H groups in total. The van der Waals surface area contributed by atoms with Gasteiger partial charge in [-0.3, -0.25) is 19.3 Å². The molecule has 7 rings (SSSR count). The first kappa shape index (κ1) is 25.0. The second-order valence-corrected chi connectivity index (χ2v) is 11.3. The molecule has 3 aliphatic heterocycles. The number of carbonyl (C=O) groups is 2. The average Bonchev–Trinajstić information content (AvgIpc) is 3.76. The van der Waals surface area contributed by atoms with E-state index in [1.54, 1.807) is 22.6 Å². The third kappa shape index (κ3) is 3.87. The molecule has 1 saturated heterocycles. The summed E-state index contributed by atoms with van der Waals surface area (Å²) in [5.74, 6) is 0.325. The standard InChI is InChI=1S/C29H27N3O7S/c1-36-28(35)39-17-38-26-21(33)10-13-30-25(26)27(34)31-23(14-37-16-29(31)11-12-29)32(30)24-19-7-3-2-6-18(19)15-40-22-9-5-4-8-20(22)24/h2-10,13,23-24H,11-12,14-17H2,1H3/t23-,24+/m1/s1. The lowest BCUT2D eigenvalue weighted by molar-refractivity contribution is -0.0621. The Bertz CT molecular complexity index is 1520. The number of aromatic nitrogens is 1. The second kappa shape index (κ2) is 9.60. The molecule has 0 radical (unpaired) electrons. The molecule has 11 heteroatoms. The molecule has 2 aromatic carbocycles. The Kier molecular flexibility index (Phi) is 6.01. The Morgan fingerprint density at radius 1 is 1.07 bits per heavy atom. The number of rotatable bonds is 4. The molecule has 1 saturated carbocycles. The van der Waals surface area contributed by atoms with Crippen molar-refractivity contribution >= 4 is 23.8 Å². The summed E-state index contributed by atoms with van der Waals surface area (Å²) in [6, 6.07) is 17.7. The zero-order chi connectivity index (χ0) is 27.4. The summed E-state index contributed by atoms with van der Waals surface area (Å²) in [6.45, 7) is 0.180. The Labute approximate surface area is 234 Å². The van der Waals surface area contributed by atoms with Crippen molar-refractivity contribution in [3.05, 3.63) is 93.4 Å². The van der Waals surface area contributed by atoms with E-state index in [0.717, 1.165) is 34.6 Å².